The minimum Gasteiger partial charge on any atom is -0.467 e. The van der Waals surface area contributed by atoms with Crippen molar-refractivity contribution in [3.63, 3.8) is 0 Å². The molecule has 38 heavy (non-hydrogen) atoms. The molecule has 1 atom stereocenters. The number of ether oxygens (including phenoxy) is 2. The molecule has 0 aliphatic heterocycles. The van der Waals surface area contributed by atoms with Gasteiger partial charge in [-0.15, -0.1) is 0 Å². The van der Waals surface area contributed by atoms with Crippen LogP contribution < -0.4 is 10.1 Å². The number of hydrogen-bond acceptors (Lipinski definition) is 6. The number of fused-ring (bicyclic) bond motifs is 1. The number of benzene rings is 2. The van der Waals surface area contributed by atoms with Crippen molar-refractivity contribution < 1.29 is 27.8 Å². The number of methoxy groups -OCH3 is 1. The fourth-order valence-electron chi connectivity index (χ4n) is 4.65. The zero-order valence-corrected chi connectivity index (χ0v) is 22.4. The molecule has 0 saturated heterocycles. The van der Waals surface area contributed by atoms with Crippen LogP contribution in [0, 0.1) is 23.5 Å². The number of carbonyl (C=O) groups is 2. The lowest BCUT2D eigenvalue weighted by molar-refractivity contribution is -0.149. The third-order valence-corrected chi connectivity index (χ3v) is 6.75. The maximum absolute atomic E-state index is 14.5. The Morgan fingerprint density at radius 3 is 2.53 bits per heavy atom. The average molecular weight is 529 g/mol. The van der Waals surface area contributed by atoms with Crippen LogP contribution in [0.4, 0.5) is 8.78 Å². The fraction of sp³-hybridized carbons (Fsp3) is 0.464. The first-order valence-corrected chi connectivity index (χ1v) is 12.7. The molecule has 0 unspecified atom stereocenters. The van der Waals surface area contributed by atoms with Gasteiger partial charge in [0.25, 0.3) is 5.91 Å². The van der Waals surface area contributed by atoms with E-state index in [0.717, 1.165) is 18.9 Å². The van der Waals surface area contributed by atoms with Crippen molar-refractivity contribution in [3.8, 4) is 11.5 Å². The second-order valence-corrected chi connectivity index (χ2v) is 10.5. The maximum atomic E-state index is 14.5. The Kier molecular flexibility index (Phi) is 8.01. The van der Waals surface area contributed by atoms with E-state index in [-0.39, 0.29) is 23.0 Å². The second-order valence-electron chi connectivity index (χ2n) is 10.5. The lowest BCUT2D eigenvalue weighted by Gasteiger charge is -2.33. The van der Waals surface area contributed by atoms with E-state index in [4.69, 9.17) is 9.47 Å². The third kappa shape index (κ3) is 5.80. The molecule has 1 aromatic heterocycles. The first-order chi connectivity index (χ1) is 18.0. The Bertz CT molecular complexity index is 1340. The minimum absolute atomic E-state index is 0.0618. The smallest absolute Gasteiger partial charge is 0.331 e. The zero-order chi connectivity index (χ0) is 27.6. The monoisotopic (exact) mass is 528 g/mol. The molecule has 1 aliphatic rings. The van der Waals surface area contributed by atoms with Crippen molar-refractivity contribution >= 4 is 22.8 Å². The lowest BCUT2D eigenvalue weighted by Crippen LogP contribution is -2.58. The number of esters is 1. The van der Waals surface area contributed by atoms with Crippen LogP contribution in [0.1, 0.15) is 43.5 Å². The highest BCUT2D eigenvalue weighted by molar-refractivity contribution is 6.03. The molecule has 1 amide bonds. The largest absolute Gasteiger partial charge is 0.467 e. The Morgan fingerprint density at radius 2 is 1.92 bits per heavy atom. The number of aromatic nitrogens is 2. The highest BCUT2D eigenvalue weighted by atomic mass is 19.1. The second kappa shape index (κ2) is 11.1. The van der Waals surface area contributed by atoms with Crippen molar-refractivity contribution in [3.05, 3.63) is 53.7 Å². The maximum Gasteiger partial charge on any atom is 0.331 e. The topological polar surface area (TPSA) is 85.7 Å². The summed E-state index contributed by atoms with van der Waals surface area (Å²) in [5, 5.41) is 8.11. The number of hydrogen-bond donors (Lipinski definition) is 1. The first kappa shape index (κ1) is 27.5. The van der Waals surface area contributed by atoms with E-state index in [1.807, 2.05) is 19.0 Å². The number of nitrogens with one attached hydrogen (secondary N) is 1. The predicted octanol–water partition coefficient (Wildman–Crippen LogP) is 4.77. The van der Waals surface area contributed by atoms with Crippen molar-refractivity contribution in [2.24, 2.45) is 11.8 Å². The van der Waals surface area contributed by atoms with E-state index in [9.17, 15) is 18.4 Å². The molecule has 1 fully saturated rings. The van der Waals surface area contributed by atoms with Crippen molar-refractivity contribution in [1.82, 2.24) is 20.0 Å². The Morgan fingerprint density at radius 1 is 1.18 bits per heavy atom. The summed E-state index contributed by atoms with van der Waals surface area (Å²) in [6.07, 6.45) is 3.58. The fourth-order valence-corrected chi connectivity index (χ4v) is 4.65. The van der Waals surface area contributed by atoms with Crippen LogP contribution in [0.5, 0.6) is 11.5 Å². The molecule has 204 valence electrons. The lowest BCUT2D eigenvalue weighted by atomic mass is 9.88. The summed E-state index contributed by atoms with van der Waals surface area (Å²) in [6, 6.07) is 6.20. The van der Waals surface area contributed by atoms with Crippen molar-refractivity contribution in [1.29, 1.82) is 0 Å². The summed E-state index contributed by atoms with van der Waals surface area (Å²) in [7, 11) is 5.09. The molecule has 4 rings (SSSR count). The van der Waals surface area contributed by atoms with Gasteiger partial charge in [-0.25, -0.2) is 13.6 Å². The van der Waals surface area contributed by atoms with Gasteiger partial charge in [-0.1, -0.05) is 13.8 Å². The van der Waals surface area contributed by atoms with Crippen LogP contribution in [0.15, 0.2) is 36.5 Å². The van der Waals surface area contributed by atoms with Gasteiger partial charge in [-0.05, 0) is 69.5 Å². The normalized spacial score (nSPS) is 15.1. The summed E-state index contributed by atoms with van der Waals surface area (Å²) < 4.78 is 40.8. The molecule has 1 saturated carbocycles. The van der Waals surface area contributed by atoms with Gasteiger partial charge in [-0.2, -0.15) is 5.10 Å². The highest BCUT2D eigenvalue weighted by Gasteiger charge is 2.53. The van der Waals surface area contributed by atoms with Gasteiger partial charge >= 0.3 is 5.97 Å². The van der Waals surface area contributed by atoms with Gasteiger partial charge in [0.1, 0.15) is 17.1 Å². The van der Waals surface area contributed by atoms with Gasteiger partial charge < -0.3 is 19.7 Å². The molecule has 1 aliphatic carbocycles. The zero-order valence-electron chi connectivity index (χ0n) is 22.4. The molecule has 1 heterocycles. The summed E-state index contributed by atoms with van der Waals surface area (Å²) in [5.41, 5.74) is -0.425. The number of amides is 1. The minimum atomic E-state index is -1.22. The molecule has 3 aromatic rings. The quantitative estimate of drug-likeness (QED) is 0.361. The molecule has 8 nitrogen and oxygen atoms in total. The van der Waals surface area contributed by atoms with Gasteiger partial charge in [0.2, 0.25) is 0 Å². The van der Waals surface area contributed by atoms with Crippen LogP contribution in [0.25, 0.3) is 10.9 Å². The van der Waals surface area contributed by atoms with Crippen LogP contribution in [-0.4, -0.2) is 59.8 Å². The standard InChI is InChI=1S/C28H34F2N4O4/c1-17(2)16-34-23-14-21(25(12-18(23)15-31-34)38-24-9-8-20(29)13-22(24)30)26(35)32-28(19-6-7-19,27(36)37-5)10-11-33(3)4/h8-9,12-15,17,19H,6-7,10-11,16H2,1-5H3,(H,32,35)/t28-/m1/s1. The van der Waals surface area contributed by atoms with Gasteiger partial charge in [0.15, 0.2) is 11.6 Å². The van der Waals surface area contributed by atoms with Crippen molar-refractivity contribution in [2.75, 3.05) is 27.7 Å². The molecular weight excluding hydrogens is 494 g/mol. The molecule has 0 radical (unpaired) electrons. The van der Waals surface area contributed by atoms with E-state index < -0.39 is 29.0 Å². The number of carbonyl (C=O) groups excluding carboxylic acids is 2. The highest BCUT2D eigenvalue weighted by Crippen LogP contribution is 2.43. The molecule has 0 bridgehead atoms. The molecule has 1 N–H and O–H groups in total. The van der Waals surface area contributed by atoms with Crippen LogP contribution in [0.2, 0.25) is 0 Å². The predicted molar refractivity (Wildman–Crippen MR) is 139 cm³/mol. The summed E-state index contributed by atoms with van der Waals surface area (Å²) in [5.74, 6) is -2.65. The van der Waals surface area contributed by atoms with E-state index in [2.05, 4.69) is 24.3 Å². The Balaban J connectivity index is 1.79. The van der Waals surface area contributed by atoms with Crippen molar-refractivity contribution in [2.45, 2.75) is 45.2 Å². The van der Waals surface area contributed by atoms with E-state index >= 15 is 0 Å². The summed E-state index contributed by atoms with van der Waals surface area (Å²) in [6.45, 7) is 5.28. The van der Waals surface area contributed by atoms with Gasteiger partial charge in [0.05, 0.1) is 24.4 Å². The molecule has 10 heteroatoms. The van der Waals surface area contributed by atoms with Crippen LogP contribution in [-0.2, 0) is 16.1 Å². The molecule has 0 spiro atoms. The number of halogens is 2. The number of rotatable bonds is 11. The summed E-state index contributed by atoms with van der Waals surface area (Å²) >= 11 is 0. The molecule has 2 aromatic carbocycles. The Labute approximate surface area is 220 Å². The SMILES string of the molecule is COC(=O)[C@](CCN(C)C)(NC(=O)c1cc2c(cnn2CC(C)C)cc1Oc1ccc(F)cc1F)C1CC1. The van der Waals surface area contributed by atoms with Gasteiger partial charge in [0, 0.05) is 24.5 Å². The van der Waals surface area contributed by atoms with E-state index in [0.29, 0.717) is 42.4 Å². The van der Waals surface area contributed by atoms with E-state index in [1.165, 1.54) is 13.2 Å². The summed E-state index contributed by atoms with van der Waals surface area (Å²) in [4.78, 5) is 29.0. The average Bonchev–Trinajstić information content (AvgIpc) is 3.65. The van der Waals surface area contributed by atoms with Gasteiger partial charge in [-0.3, -0.25) is 9.48 Å². The van der Waals surface area contributed by atoms with E-state index in [1.54, 1.807) is 23.0 Å². The van der Waals surface area contributed by atoms with Crippen LogP contribution >= 0.6 is 0 Å². The molecular formula is C28H34F2N4O4. The first-order valence-electron chi connectivity index (χ1n) is 12.7. The Hall–Kier alpha value is -3.53. The number of nitrogens with zero attached hydrogens (tertiary/aromatic N) is 3. The van der Waals surface area contributed by atoms with Crippen LogP contribution in [0.3, 0.4) is 0 Å². The third-order valence-electron chi connectivity index (χ3n) is 6.75.